The molecule has 2 aromatic heterocycles. The van der Waals surface area contributed by atoms with Crippen LogP contribution in [0.15, 0.2) is 18.6 Å². The first-order valence-electron chi connectivity index (χ1n) is 13.0. The Morgan fingerprint density at radius 3 is 2.23 bits per heavy atom. The van der Waals surface area contributed by atoms with E-state index in [1.54, 1.807) is 13.8 Å². The van der Waals surface area contributed by atoms with Gasteiger partial charge in [0.1, 0.15) is 0 Å². The zero-order chi connectivity index (χ0) is 29.6. The number of amides is 1. The highest BCUT2D eigenvalue weighted by Crippen LogP contribution is 2.47. The third-order valence-corrected chi connectivity index (χ3v) is 8.89. The lowest BCUT2D eigenvalue weighted by Crippen LogP contribution is -2.46. The molecular formula is C27H31Cl2F3N4O4. The fourth-order valence-electron chi connectivity index (χ4n) is 6.05. The molecule has 2 heterocycles. The van der Waals surface area contributed by atoms with Gasteiger partial charge in [-0.1, -0.05) is 50.4 Å². The molecule has 2 aliphatic rings. The number of hydrogen-bond donors (Lipinski definition) is 1. The van der Waals surface area contributed by atoms with Crippen LogP contribution in [0.4, 0.5) is 13.2 Å². The molecule has 1 N–H and O–H groups in total. The minimum atomic E-state index is -4.93. The number of carbonyl (C=O) groups excluding carboxylic acids is 2. The number of aromatic nitrogens is 3. The SMILES string of the molecule is CC1(CN(CC(=O)c2c(Cl)cncc2Cl)C(=O)c2cnn([C@@H]3CC[C@@H](C(=O)O)C(C)(C)C3)c2C(F)(F)F)CCC1. The van der Waals surface area contributed by atoms with Gasteiger partial charge in [-0.15, -0.1) is 0 Å². The van der Waals surface area contributed by atoms with Crippen molar-refractivity contribution in [1.82, 2.24) is 19.7 Å². The van der Waals surface area contributed by atoms with Crippen LogP contribution < -0.4 is 0 Å². The van der Waals surface area contributed by atoms with Crippen molar-refractivity contribution >= 4 is 40.9 Å². The van der Waals surface area contributed by atoms with Gasteiger partial charge in [0.25, 0.3) is 5.91 Å². The van der Waals surface area contributed by atoms with Gasteiger partial charge in [-0.3, -0.25) is 24.0 Å². The highest BCUT2D eigenvalue weighted by atomic mass is 35.5. The summed E-state index contributed by atoms with van der Waals surface area (Å²) in [5.41, 5.74) is -3.06. The van der Waals surface area contributed by atoms with Crippen molar-refractivity contribution < 1.29 is 32.7 Å². The van der Waals surface area contributed by atoms with Gasteiger partial charge in [0.15, 0.2) is 11.5 Å². The fraction of sp³-hybridized carbons (Fsp3) is 0.593. The van der Waals surface area contributed by atoms with Crippen molar-refractivity contribution in [3.8, 4) is 0 Å². The normalized spacial score (nSPS) is 21.9. The second-order valence-corrected chi connectivity index (χ2v) is 12.7. The molecule has 40 heavy (non-hydrogen) atoms. The number of nitrogens with zero attached hydrogens (tertiary/aromatic N) is 4. The monoisotopic (exact) mass is 602 g/mol. The summed E-state index contributed by atoms with van der Waals surface area (Å²) in [4.78, 5) is 43.7. The molecule has 1 amide bonds. The van der Waals surface area contributed by atoms with E-state index in [1.807, 2.05) is 6.92 Å². The van der Waals surface area contributed by atoms with Crippen LogP contribution in [0, 0.1) is 16.7 Å². The number of Topliss-reactive ketones (excluding diaryl/α,β-unsaturated/α-hetero) is 1. The Bertz CT molecular complexity index is 1300. The molecule has 0 unspecified atom stereocenters. The number of ketones is 1. The molecule has 8 nitrogen and oxygen atoms in total. The summed E-state index contributed by atoms with van der Waals surface area (Å²) in [5, 5.41) is 13.5. The first-order chi connectivity index (χ1) is 18.5. The first kappa shape index (κ1) is 30.3. The minimum Gasteiger partial charge on any atom is -0.481 e. The van der Waals surface area contributed by atoms with Crippen molar-refractivity contribution in [3.63, 3.8) is 0 Å². The lowest BCUT2D eigenvalue weighted by atomic mass is 9.67. The van der Waals surface area contributed by atoms with E-state index in [4.69, 9.17) is 23.2 Å². The number of pyridine rings is 1. The van der Waals surface area contributed by atoms with Crippen LogP contribution in [0.25, 0.3) is 0 Å². The number of rotatable bonds is 8. The Kier molecular flexibility index (Phi) is 8.31. The van der Waals surface area contributed by atoms with E-state index in [0.29, 0.717) is 0 Å². The van der Waals surface area contributed by atoms with Gasteiger partial charge in [-0.2, -0.15) is 18.3 Å². The number of carbonyl (C=O) groups is 3. The van der Waals surface area contributed by atoms with Gasteiger partial charge in [-0.05, 0) is 42.9 Å². The maximum absolute atomic E-state index is 14.5. The van der Waals surface area contributed by atoms with Crippen molar-refractivity contribution in [2.75, 3.05) is 13.1 Å². The predicted molar refractivity (Wildman–Crippen MR) is 141 cm³/mol. The standard InChI is InChI=1S/C27H31Cl2F3N4O4/c1-25(2)9-15(5-6-17(25)24(39)40)36-22(27(30,31)32)16(10-34-36)23(38)35(14-26(3)7-4-8-26)13-20(37)21-18(28)11-33-12-19(21)29/h10-12,15,17H,4-9,13-14H2,1-3H3,(H,39,40)/t15-,17+/m1/s1. The van der Waals surface area contributed by atoms with E-state index in [2.05, 4.69) is 10.1 Å². The Labute approximate surface area is 239 Å². The molecule has 218 valence electrons. The zero-order valence-corrected chi connectivity index (χ0v) is 23.9. The van der Waals surface area contributed by atoms with Gasteiger partial charge in [0.05, 0.1) is 45.9 Å². The topological polar surface area (TPSA) is 105 Å². The van der Waals surface area contributed by atoms with E-state index in [9.17, 15) is 32.7 Å². The van der Waals surface area contributed by atoms with Crippen molar-refractivity contribution in [2.24, 2.45) is 16.7 Å². The van der Waals surface area contributed by atoms with Gasteiger partial charge >= 0.3 is 12.1 Å². The molecule has 2 atom stereocenters. The van der Waals surface area contributed by atoms with Gasteiger partial charge < -0.3 is 10.0 Å². The summed E-state index contributed by atoms with van der Waals surface area (Å²) < 4.78 is 44.4. The third-order valence-electron chi connectivity index (χ3n) is 8.32. The molecule has 4 rings (SSSR count). The molecule has 2 saturated carbocycles. The molecule has 0 aliphatic heterocycles. The van der Waals surface area contributed by atoms with Crippen LogP contribution in [0.5, 0.6) is 0 Å². The summed E-state index contributed by atoms with van der Waals surface area (Å²) in [6.45, 7) is 4.88. The molecule has 0 spiro atoms. The number of carboxylic acid groups (broad SMARTS) is 1. The van der Waals surface area contributed by atoms with Crippen LogP contribution in [-0.2, 0) is 11.0 Å². The van der Waals surface area contributed by atoms with Gasteiger partial charge in [0, 0.05) is 18.9 Å². The molecule has 0 saturated heterocycles. The summed E-state index contributed by atoms with van der Waals surface area (Å²) >= 11 is 12.3. The van der Waals surface area contributed by atoms with E-state index in [0.717, 1.165) is 35.0 Å². The van der Waals surface area contributed by atoms with Crippen LogP contribution >= 0.6 is 23.2 Å². The average Bonchev–Trinajstić information content (AvgIpc) is 3.27. The first-order valence-corrected chi connectivity index (χ1v) is 13.8. The number of carboxylic acids is 1. The highest BCUT2D eigenvalue weighted by Gasteiger charge is 2.47. The maximum Gasteiger partial charge on any atom is 0.433 e. The lowest BCUT2D eigenvalue weighted by Gasteiger charge is -2.42. The van der Waals surface area contributed by atoms with Crippen molar-refractivity contribution in [2.45, 2.75) is 71.5 Å². The number of alkyl halides is 3. The van der Waals surface area contributed by atoms with Gasteiger partial charge in [0.2, 0.25) is 0 Å². The molecule has 0 aromatic carbocycles. The van der Waals surface area contributed by atoms with Crippen molar-refractivity contribution in [1.29, 1.82) is 0 Å². The number of halogens is 5. The van der Waals surface area contributed by atoms with Crippen LogP contribution in [-0.4, -0.2) is 55.5 Å². The fourth-order valence-corrected chi connectivity index (χ4v) is 6.62. The van der Waals surface area contributed by atoms with Crippen molar-refractivity contribution in [3.05, 3.63) is 45.5 Å². The van der Waals surface area contributed by atoms with E-state index in [1.165, 1.54) is 12.4 Å². The zero-order valence-electron chi connectivity index (χ0n) is 22.4. The molecule has 2 aliphatic carbocycles. The van der Waals surface area contributed by atoms with Crippen LogP contribution in [0.1, 0.15) is 91.7 Å². The number of hydrogen-bond acceptors (Lipinski definition) is 5. The molecule has 2 fully saturated rings. The summed E-state index contributed by atoms with van der Waals surface area (Å²) in [6, 6.07) is -0.752. The average molecular weight is 603 g/mol. The Morgan fingerprint density at radius 2 is 1.73 bits per heavy atom. The second kappa shape index (κ2) is 11.0. The molecule has 2 aromatic rings. The van der Waals surface area contributed by atoms with Crippen LogP contribution in [0.2, 0.25) is 10.0 Å². The predicted octanol–water partition coefficient (Wildman–Crippen LogP) is 6.57. The molecular weight excluding hydrogens is 572 g/mol. The van der Waals surface area contributed by atoms with Gasteiger partial charge in [-0.25, -0.2) is 0 Å². The Hall–Kier alpha value is -2.66. The molecule has 13 heteroatoms. The molecule has 0 radical (unpaired) electrons. The summed E-state index contributed by atoms with van der Waals surface area (Å²) in [6.07, 6.45) is 1.34. The molecule has 0 bridgehead atoms. The van der Waals surface area contributed by atoms with E-state index < -0.39 is 59.0 Å². The smallest absolute Gasteiger partial charge is 0.433 e. The second-order valence-electron chi connectivity index (χ2n) is 11.9. The minimum absolute atomic E-state index is 0.0249. The Morgan fingerprint density at radius 1 is 1.10 bits per heavy atom. The quantitative estimate of drug-likeness (QED) is 0.342. The van der Waals surface area contributed by atoms with E-state index >= 15 is 0 Å². The Balaban J connectivity index is 1.70. The summed E-state index contributed by atoms with van der Waals surface area (Å²) in [5.74, 6) is -3.29. The lowest BCUT2D eigenvalue weighted by molar-refractivity contribution is -0.151. The largest absolute Gasteiger partial charge is 0.481 e. The highest BCUT2D eigenvalue weighted by molar-refractivity contribution is 6.39. The maximum atomic E-state index is 14.5. The van der Waals surface area contributed by atoms with Crippen LogP contribution in [0.3, 0.4) is 0 Å². The number of aliphatic carboxylic acids is 1. The summed E-state index contributed by atoms with van der Waals surface area (Å²) in [7, 11) is 0. The third kappa shape index (κ3) is 6.00. The van der Waals surface area contributed by atoms with E-state index in [-0.39, 0.29) is 46.8 Å².